The molecule has 0 aliphatic carbocycles. The Hall–Kier alpha value is -1.35. The first-order valence-corrected chi connectivity index (χ1v) is 7.69. The van der Waals surface area contributed by atoms with Crippen LogP contribution < -0.4 is 5.32 Å². The molecule has 1 fully saturated rings. The topological polar surface area (TPSA) is 32.3 Å². The molecule has 0 bridgehead atoms. The van der Waals surface area contributed by atoms with Crippen molar-refractivity contribution in [1.29, 1.82) is 0 Å². The van der Waals surface area contributed by atoms with Crippen molar-refractivity contribution in [1.82, 2.24) is 4.90 Å². The summed E-state index contributed by atoms with van der Waals surface area (Å²) in [6, 6.07) is 6.22. The average Bonchev–Trinajstić information content (AvgIpc) is 2.91. The summed E-state index contributed by atoms with van der Waals surface area (Å²) in [5, 5.41) is 3.12. The Morgan fingerprint density at radius 1 is 1.30 bits per heavy atom. The molecular weight excluding hydrogens is 248 g/mol. The van der Waals surface area contributed by atoms with Crippen molar-refractivity contribution in [2.75, 3.05) is 25.0 Å². The van der Waals surface area contributed by atoms with Gasteiger partial charge in [-0.2, -0.15) is 0 Å². The molecule has 1 N–H and O–H groups in total. The summed E-state index contributed by atoms with van der Waals surface area (Å²) >= 11 is 0. The van der Waals surface area contributed by atoms with Gasteiger partial charge in [-0.25, -0.2) is 0 Å². The van der Waals surface area contributed by atoms with Crippen LogP contribution in [0.15, 0.2) is 18.2 Å². The molecule has 20 heavy (non-hydrogen) atoms. The van der Waals surface area contributed by atoms with Gasteiger partial charge in [-0.3, -0.25) is 4.79 Å². The van der Waals surface area contributed by atoms with Gasteiger partial charge in [0.05, 0.1) is 0 Å². The molecule has 0 spiro atoms. The van der Waals surface area contributed by atoms with Gasteiger partial charge in [-0.15, -0.1) is 0 Å². The Kier molecular flexibility index (Phi) is 5.18. The van der Waals surface area contributed by atoms with E-state index in [0.717, 1.165) is 30.9 Å². The smallest absolute Gasteiger partial charge is 0.225 e. The van der Waals surface area contributed by atoms with Gasteiger partial charge in [0.2, 0.25) is 5.91 Å². The minimum absolute atomic E-state index is 0.133. The number of likely N-dealkylation sites (tertiary alicyclic amines) is 1. The number of benzene rings is 1. The molecular formula is C17H26N2O. The summed E-state index contributed by atoms with van der Waals surface area (Å²) in [5.41, 5.74) is 3.37. The van der Waals surface area contributed by atoms with Crippen LogP contribution in [-0.2, 0) is 4.79 Å². The molecule has 0 saturated carbocycles. The van der Waals surface area contributed by atoms with Crippen LogP contribution in [-0.4, -0.2) is 30.4 Å². The van der Waals surface area contributed by atoms with E-state index >= 15 is 0 Å². The predicted molar refractivity (Wildman–Crippen MR) is 84.2 cm³/mol. The molecule has 0 atom stereocenters. The highest BCUT2D eigenvalue weighted by molar-refractivity contribution is 5.92. The van der Waals surface area contributed by atoms with E-state index in [9.17, 15) is 4.79 Å². The molecule has 1 aromatic carbocycles. The fraction of sp³-hybridized carbons (Fsp3) is 0.588. The first-order chi connectivity index (χ1) is 9.58. The maximum Gasteiger partial charge on any atom is 0.225 e. The lowest BCUT2D eigenvalue weighted by molar-refractivity contribution is -0.116. The Morgan fingerprint density at radius 3 is 2.65 bits per heavy atom. The Bertz CT molecular complexity index is 462. The SMILES string of the molecule is Cc1cccc(C(C)C)c1NC(=O)CCN1CCCC1. The van der Waals surface area contributed by atoms with Crippen LogP contribution in [0.3, 0.4) is 0 Å². The van der Waals surface area contributed by atoms with Crippen LogP contribution in [0, 0.1) is 6.92 Å². The quantitative estimate of drug-likeness (QED) is 0.890. The molecule has 1 amide bonds. The van der Waals surface area contributed by atoms with Gasteiger partial charge in [0.15, 0.2) is 0 Å². The Balaban J connectivity index is 1.96. The van der Waals surface area contributed by atoms with Crippen molar-refractivity contribution < 1.29 is 4.79 Å². The van der Waals surface area contributed by atoms with E-state index in [4.69, 9.17) is 0 Å². The second-order valence-corrected chi connectivity index (χ2v) is 6.04. The fourth-order valence-electron chi connectivity index (χ4n) is 2.81. The van der Waals surface area contributed by atoms with E-state index in [0.29, 0.717) is 12.3 Å². The molecule has 0 radical (unpaired) electrons. The first kappa shape index (κ1) is 15.0. The number of nitrogens with one attached hydrogen (secondary N) is 1. The van der Waals surface area contributed by atoms with Gasteiger partial charge in [-0.05, 0) is 49.9 Å². The number of hydrogen-bond donors (Lipinski definition) is 1. The number of carbonyl (C=O) groups excluding carboxylic acids is 1. The normalized spacial score (nSPS) is 15.8. The summed E-state index contributed by atoms with van der Waals surface area (Å²) in [6.07, 6.45) is 3.14. The van der Waals surface area contributed by atoms with E-state index < -0.39 is 0 Å². The molecule has 1 heterocycles. The number of para-hydroxylation sites is 1. The van der Waals surface area contributed by atoms with Gasteiger partial charge in [0.1, 0.15) is 0 Å². The van der Waals surface area contributed by atoms with Crippen molar-refractivity contribution in [2.24, 2.45) is 0 Å². The van der Waals surface area contributed by atoms with Crippen LogP contribution >= 0.6 is 0 Å². The van der Waals surface area contributed by atoms with E-state index in [2.05, 4.69) is 49.2 Å². The van der Waals surface area contributed by atoms with Crippen LogP contribution in [0.4, 0.5) is 5.69 Å². The van der Waals surface area contributed by atoms with Gasteiger partial charge in [-0.1, -0.05) is 32.0 Å². The number of anilines is 1. The summed E-state index contributed by atoms with van der Waals surface area (Å²) < 4.78 is 0. The second kappa shape index (κ2) is 6.89. The summed E-state index contributed by atoms with van der Waals surface area (Å²) in [5.74, 6) is 0.553. The lowest BCUT2D eigenvalue weighted by atomic mass is 9.98. The number of amides is 1. The summed E-state index contributed by atoms with van der Waals surface area (Å²) in [4.78, 5) is 14.5. The molecule has 0 unspecified atom stereocenters. The van der Waals surface area contributed by atoms with E-state index in [1.807, 2.05) is 0 Å². The minimum Gasteiger partial charge on any atom is -0.326 e. The van der Waals surface area contributed by atoms with Crippen molar-refractivity contribution in [3.8, 4) is 0 Å². The standard InChI is InChI=1S/C17H26N2O/c1-13(2)15-8-6-7-14(3)17(15)18-16(20)9-12-19-10-4-5-11-19/h6-8,13H,4-5,9-12H2,1-3H3,(H,18,20). The number of aryl methyl sites for hydroxylation is 1. The predicted octanol–water partition coefficient (Wildman–Crippen LogP) is 3.54. The van der Waals surface area contributed by atoms with Crippen LogP contribution in [0.5, 0.6) is 0 Å². The molecule has 2 rings (SSSR count). The number of hydrogen-bond acceptors (Lipinski definition) is 2. The lowest BCUT2D eigenvalue weighted by Crippen LogP contribution is -2.25. The fourth-order valence-corrected chi connectivity index (χ4v) is 2.81. The Labute approximate surface area is 122 Å². The first-order valence-electron chi connectivity index (χ1n) is 7.69. The van der Waals surface area contributed by atoms with E-state index in [1.165, 1.54) is 18.4 Å². The molecule has 0 aromatic heterocycles. The molecule has 3 heteroatoms. The zero-order valence-corrected chi connectivity index (χ0v) is 12.9. The summed E-state index contributed by atoms with van der Waals surface area (Å²) in [7, 11) is 0. The maximum atomic E-state index is 12.2. The van der Waals surface area contributed by atoms with Crippen LogP contribution in [0.1, 0.15) is 50.2 Å². The zero-order valence-electron chi connectivity index (χ0n) is 12.9. The third kappa shape index (κ3) is 3.83. The molecule has 1 aliphatic rings. The van der Waals surface area contributed by atoms with Crippen molar-refractivity contribution >= 4 is 11.6 Å². The highest BCUT2D eigenvalue weighted by Crippen LogP contribution is 2.27. The zero-order chi connectivity index (χ0) is 14.5. The highest BCUT2D eigenvalue weighted by Gasteiger charge is 2.15. The van der Waals surface area contributed by atoms with Gasteiger partial charge in [0.25, 0.3) is 0 Å². The molecule has 1 aromatic rings. The third-order valence-electron chi connectivity index (χ3n) is 4.05. The molecule has 3 nitrogen and oxygen atoms in total. The minimum atomic E-state index is 0.133. The number of rotatable bonds is 5. The van der Waals surface area contributed by atoms with Gasteiger partial charge in [0, 0.05) is 18.7 Å². The highest BCUT2D eigenvalue weighted by atomic mass is 16.1. The van der Waals surface area contributed by atoms with Crippen molar-refractivity contribution in [3.63, 3.8) is 0 Å². The van der Waals surface area contributed by atoms with Crippen LogP contribution in [0.25, 0.3) is 0 Å². The van der Waals surface area contributed by atoms with Gasteiger partial charge >= 0.3 is 0 Å². The molecule has 1 aliphatic heterocycles. The molecule has 1 saturated heterocycles. The average molecular weight is 274 g/mol. The second-order valence-electron chi connectivity index (χ2n) is 6.04. The van der Waals surface area contributed by atoms with Crippen LogP contribution in [0.2, 0.25) is 0 Å². The number of nitrogens with zero attached hydrogens (tertiary/aromatic N) is 1. The molecule has 110 valence electrons. The monoisotopic (exact) mass is 274 g/mol. The van der Waals surface area contributed by atoms with Crippen molar-refractivity contribution in [3.05, 3.63) is 29.3 Å². The maximum absolute atomic E-state index is 12.2. The van der Waals surface area contributed by atoms with E-state index in [-0.39, 0.29) is 5.91 Å². The summed E-state index contributed by atoms with van der Waals surface area (Å²) in [6.45, 7) is 9.56. The van der Waals surface area contributed by atoms with Gasteiger partial charge < -0.3 is 10.2 Å². The van der Waals surface area contributed by atoms with E-state index in [1.54, 1.807) is 0 Å². The van der Waals surface area contributed by atoms with Crippen molar-refractivity contribution in [2.45, 2.75) is 46.0 Å². The largest absolute Gasteiger partial charge is 0.326 e. The Morgan fingerprint density at radius 2 is 2.00 bits per heavy atom. The lowest BCUT2D eigenvalue weighted by Gasteiger charge is -2.18. The number of carbonyl (C=O) groups is 1. The third-order valence-corrected chi connectivity index (χ3v) is 4.05.